The van der Waals surface area contributed by atoms with Crippen LogP contribution in [0.25, 0.3) is 0 Å². The van der Waals surface area contributed by atoms with Gasteiger partial charge in [0.25, 0.3) is 11.8 Å². The van der Waals surface area contributed by atoms with Gasteiger partial charge in [-0.3, -0.25) is 14.8 Å². The Balaban J connectivity index is 1.54. The van der Waals surface area contributed by atoms with E-state index in [1.165, 1.54) is 12.1 Å². The number of rotatable bonds is 5. The lowest BCUT2D eigenvalue weighted by Gasteiger charge is -2.22. The number of benzene rings is 3. The topological polar surface area (TPSA) is 88.1 Å². The molecule has 2 amide bonds. The molecule has 1 aliphatic heterocycles. The van der Waals surface area contributed by atoms with Crippen LogP contribution in [0.1, 0.15) is 20.7 Å². The Morgan fingerprint density at radius 2 is 1.83 bits per heavy atom. The minimum Gasteiger partial charge on any atom is -0.492 e. The minimum atomic E-state index is -0.606. The Hall–Kier alpha value is -3.55. The van der Waals surface area contributed by atoms with Crippen LogP contribution in [-0.2, 0) is 0 Å². The zero-order valence-corrected chi connectivity index (χ0v) is 16.4. The number of anilines is 1. The summed E-state index contributed by atoms with van der Waals surface area (Å²) in [6, 6.07) is 18.4. The van der Waals surface area contributed by atoms with Crippen LogP contribution >= 0.6 is 11.6 Å². The van der Waals surface area contributed by atoms with Crippen molar-refractivity contribution in [2.75, 3.05) is 18.1 Å². The predicted molar refractivity (Wildman–Crippen MR) is 111 cm³/mol. The third-order valence-electron chi connectivity index (χ3n) is 4.60. The Labute approximate surface area is 177 Å². The molecule has 0 fully saturated rings. The molecule has 0 aromatic heterocycles. The number of hydrogen-bond donors (Lipinski definition) is 2. The highest BCUT2D eigenvalue weighted by Crippen LogP contribution is 2.40. The number of amides is 2. The number of nitrogens with zero attached hydrogens (tertiary/aromatic N) is 1. The van der Waals surface area contributed by atoms with E-state index in [4.69, 9.17) is 26.3 Å². The molecule has 8 heteroatoms. The first-order valence-electron chi connectivity index (χ1n) is 9.12. The Morgan fingerprint density at radius 3 is 2.60 bits per heavy atom. The maximum absolute atomic E-state index is 13.2. The molecule has 0 radical (unpaired) electrons. The highest BCUT2D eigenvalue weighted by molar-refractivity contribution is 6.31. The monoisotopic (exact) mass is 424 g/mol. The van der Waals surface area contributed by atoms with Gasteiger partial charge in [0.2, 0.25) is 0 Å². The van der Waals surface area contributed by atoms with Gasteiger partial charge in [0.05, 0.1) is 17.8 Å². The number of hydroxylamine groups is 1. The molecule has 3 aromatic carbocycles. The summed E-state index contributed by atoms with van der Waals surface area (Å²) < 4.78 is 11.7. The van der Waals surface area contributed by atoms with Crippen LogP contribution in [-0.4, -0.2) is 30.2 Å². The van der Waals surface area contributed by atoms with Crippen molar-refractivity contribution in [1.29, 1.82) is 0 Å². The standard InChI is InChI=1S/C22H17ClN2O5/c23-15-7-10-18-20(13-15)30-19-4-2-1-3-17(19)22(27)25(18)11-12-29-16-8-5-14(6-9-16)21(26)24-28/h1-10,13,28H,11-12H2,(H,24,26). The molecule has 152 valence electrons. The van der Waals surface area contributed by atoms with Crippen LogP contribution in [0, 0.1) is 0 Å². The van der Waals surface area contributed by atoms with Gasteiger partial charge in [0.15, 0.2) is 5.75 Å². The number of fused-ring (bicyclic) bond motifs is 2. The van der Waals surface area contributed by atoms with Crippen LogP contribution in [0.3, 0.4) is 0 Å². The fourth-order valence-electron chi connectivity index (χ4n) is 3.14. The van der Waals surface area contributed by atoms with E-state index in [9.17, 15) is 9.59 Å². The third kappa shape index (κ3) is 3.94. The smallest absolute Gasteiger partial charge is 0.274 e. The van der Waals surface area contributed by atoms with Gasteiger partial charge < -0.3 is 14.4 Å². The first-order chi connectivity index (χ1) is 14.6. The molecule has 0 spiro atoms. The van der Waals surface area contributed by atoms with E-state index in [1.807, 2.05) is 0 Å². The molecule has 0 saturated heterocycles. The van der Waals surface area contributed by atoms with Crippen molar-refractivity contribution in [1.82, 2.24) is 5.48 Å². The second-order valence-corrected chi connectivity index (χ2v) is 6.92. The number of halogens is 1. The van der Waals surface area contributed by atoms with Crippen LogP contribution in [0.5, 0.6) is 17.2 Å². The highest BCUT2D eigenvalue weighted by atomic mass is 35.5. The van der Waals surface area contributed by atoms with Crippen molar-refractivity contribution < 1.29 is 24.3 Å². The number of para-hydroxylation sites is 1. The van der Waals surface area contributed by atoms with Crippen LogP contribution in [0.2, 0.25) is 5.02 Å². The molecular weight excluding hydrogens is 408 g/mol. The third-order valence-corrected chi connectivity index (χ3v) is 4.83. The van der Waals surface area contributed by atoms with Gasteiger partial charge in [-0.15, -0.1) is 0 Å². The number of hydrogen-bond acceptors (Lipinski definition) is 5. The molecule has 2 N–H and O–H groups in total. The second-order valence-electron chi connectivity index (χ2n) is 6.48. The molecular formula is C22H17ClN2O5. The lowest BCUT2D eigenvalue weighted by molar-refractivity contribution is 0.0706. The SMILES string of the molecule is O=C(NO)c1ccc(OCCN2C(=O)c3ccccc3Oc3cc(Cl)ccc32)cc1. The molecule has 0 atom stereocenters. The van der Waals surface area contributed by atoms with Crippen molar-refractivity contribution in [3.63, 3.8) is 0 Å². The summed E-state index contributed by atoms with van der Waals surface area (Å²) in [5.41, 5.74) is 2.92. The zero-order chi connectivity index (χ0) is 21.1. The molecule has 30 heavy (non-hydrogen) atoms. The number of ether oxygens (including phenoxy) is 2. The largest absolute Gasteiger partial charge is 0.492 e. The lowest BCUT2D eigenvalue weighted by atomic mass is 10.1. The van der Waals surface area contributed by atoms with E-state index in [-0.39, 0.29) is 19.1 Å². The average Bonchev–Trinajstić information content (AvgIpc) is 2.88. The van der Waals surface area contributed by atoms with E-state index in [0.717, 1.165) is 0 Å². The fourth-order valence-corrected chi connectivity index (χ4v) is 3.30. The summed E-state index contributed by atoms with van der Waals surface area (Å²) in [4.78, 5) is 26.1. The van der Waals surface area contributed by atoms with Crippen LogP contribution in [0.4, 0.5) is 5.69 Å². The zero-order valence-electron chi connectivity index (χ0n) is 15.7. The summed E-state index contributed by atoms with van der Waals surface area (Å²) in [6.45, 7) is 0.478. The Morgan fingerprint density at radius 1 is 1.07 bits per heavy atom. The number of carbonyl (C=O) groups is 2. The summed E-state index contributed by atoms with van der Waals surface area (Å²) in [7, 11) is 0. The quantitative estimate of drug-likeness (QED) is 0.471. The van der Waals surface area contributed by atoms with Gasteiger partial charge in [0.1, 0.15) is 18.1 Å². The Kier molecular flexibility index (Phi) is 5.56. The van der Waals surface area contributed by atoms with Crippen molar-refractivity contribution in [2.45, 2.75) is 0 Å². The van der Waals surface area contributed by atoms with Gasteiger partial charge in [-0.05, 0) is 48.5 Å². The molecule has 0 unspecified atom stereocenters. The summed E-state index contributed by atoms with van der Waals surface area (Å²) in [5.74, 6) is 0.669. The molecule has 0 aliphatic carbocycles. The fraction of sp³-hybridized carbons (Fsp3) is 0.0909. The molecule has 3 aromatic rings. The highest BCUT2D eigenvalue weighted by Gasteiger charge is 2.28. The van der Waals surface area contributed by atoms with Crippen molar-refractivity contribution in [3.05, 3.63) is 82.9 Å². The second kappa shape index (κ2) is 8.44. The van der Waals surface area contributed by atoms with E-state index in [2.05, 4.69) is 0 Å². The van der Waals surface area contributed by atoms with E-state index in [0.29, 0.717) is 39.1 Å². The first kappa shape index (κ1) is 19.8. The van der Waals surface area contributed by atoms with E-state index >= 15 is 0 Å². The maximum atomic E-state index is 13.2. The molecule has 0 bridgehead atoms. The van der Waals surface area contributed by atoms with Gasteiger partial charge in [-0.2, -0.15) is 0 Å². The van der Waals surface area contributed by atoms with E-state index in [1.54, 1.807) is 65.0 Å². The molecule has 4 rings (SSSR count). The normalized spacial score (nSPS) is 12.3. The van der Waals surface area contributed by atoms with Gasteiger partial charge in [-0.25, -0.2) is 5.48 Å². The van der Waals surface area contributed by atoms with Gasteiger partial charge >= 0.3 is 0 Å². The summed E-state index contributed by atoms with van der Waals surface area (Å²) in [6.07, 6.45) is 0. The van der Waals surface area contributed by atoms with Crippen molar-refractivity contribution >= 4 is 29.1 Å². The predicted octanol–water partition coefficient (Wildman–Crippen LogP) is 4.29. The maximum Gasteiger partial charge on any atom is 0.274 e. The average molecular weight is 425 g/mol. The molecule has 7 nitrogen and oxygen atoms in total. The number of carbonyl (C=O) groups excluding carboxylic acids is 2. The Bertz CT molecular complexity index is 1100. The molecule has 1 aliphatic rings. The molecule has 1 heterocycles. The minimum absolute atomic E-state index is 0.203. The van der Waals surface area contributed by atoms with Gasteiger partial charge in [-0.1, -0.05) is 23.7 Å². The van der Waals surface area contributed by atoms with Gasteiger partial charge in [0, 0.05) is 16.7 Å². The lowest BCUT2D eigenvalue weighted by Crippen LogP contribution is -2.34. The molecule has 0 saturated carbocycles. The first-order valence-corrected chi connectivity index (χ1v) is 9.50. The van der Waals surface area contributed by atoms with Crippen molar-refractivity contribution in [2.24, 2.45) is 0 Å². The summed E-state index contributed by atoms with van der Waals surface area (Å²) in [5, 5.41) is 9.17. The van der Waals surface area contributed by atoms with Crippen molar-refractivity contribution in [3.8, 4) is 17.2 Å². The van der Waals surface area contributed by atoms with E-state index < -0.39 is 5.91 Å². The van der Waals surface area contributed by atoms with Crippen LogP contribution < -0.4 is 19.9 Å². The summed E-state index contributed by atoms with van der Waals surface area (Å²) >= 11 is 6.12. The van der Waals surface area contributed by atoms with Crippen LogP contribution in [0.15, 0.2) is 66.7 Å². The number of nitrogens with one attached hydrogen (secondary N) is 1.